The highest BCUT2D eigenvalue weighted by atomic mass is 16.1. The second-order valence-electron chi connectivity index (χ2n) is 4.27. The summed E-state index contributed by atoms with van der Waals surface area (Å²) in [5.74, 6) is 0.886. The molecule has 0 aromatic rings. The third-order valence-corrected chi connectivity index (χ3v) is 2.75. The van der Waals surface area contributed by atoms with Crippen molar-refractivity contribution in [1.82, 2.24) is 5.32 Å². The van der Waals surface area contributed by atoms with Crippen molar-refractivity contribution in [1.29, 1.82) is 0 Å². The second-order valence-corrected chi connectivity index (χ2v) is 4.27. The molecule has 3 heteroatoms. The minimum atomic E-state index is 0.0944. The summed E-state index contributed by atoms with van der Waals surface area (Å²) < 4.78 is 0. The van der Waals surface area contributed by atoms with Gasteiger partial charge in [0.05, 0.1) is 0 Å². The molecule has 0 aliphatic heterocycles. The fourth-order valence-electron chi connectivity index (χ4n) is 1.79. The first-order chi connectivity index (χ1) is 6.13. The van der Waals surface area contributed by atoms with Gasteiger partial charge in [0, 0.05) is 12.0 Å². The molecule has 0 unspecified atom stereocenters. The lowest BCUT2D eigenvalue weighted by Crippen LogP contribution is -2.36. The highest BCUT2D eigenvalue weighted by Crippen LogP contribution is 2.24. The zero-order valence-corrected chi connectivity index (χ0v) is 8.55. The fraction of sp³-hybridized carbons (Fsp3) is 0.900. The standard InChI is InChI=1S/C10H20N2O/c1-7(2)10(13)12-9-4-3-8(5-9)6-11/h7-9H,3-6,11H2,1-2H3,(H,12,13)/t8-,9+/m0/s1. The van der Waals surface area contributed by atoms with Crippen molar-refractivity contribution in [2.24, 2.45) is 17.6 Å². The molecule has 0 spiro atoms. The van der Waals surface area contributed by atoms with Crippen molar-refractivity contribution in [2.45, 2.75) is 39.2 Å². The third-order valence-electron chi connectivity index (χ3n) is 2.75. The molecule has 0 heterocycles. The van der Waals surface area contributed by atoms with Crippen LogP contribution in [0.2, 0.25) is 0 Å². The Morgan fingerprint density at radius 3 is 2.69 bits per heavy atom. The lowest BCUT2D eigenvalue weighted by atomic mass is 10.1. The topological polar surface area (TPSA) is 55.1 Å². The van der Waals surface area contributed by atoms with Gasteiger partial charge in [0.25, 0.3) is 0 Å². The second kappa shape index (κ2) is 4.61. The van der Waals surface area contributed by atoms with Crippen LogP contribution in [0.25, 0.3) is 0 Å². The smallest absolute Gasteiger partial charge is 0.222 e. The van der Waals surface area contributed by atoms with Gasteiger partial charge in [-0.25, -0.2) is 0 Å². The normalized spacial score (nSPS) is 28.0. The Hall–Kier alpha value is -0.570. The van der Waals surface area contributed by atoms with E-state index in [2.05, 4.69) is 5.32 Å². The maximum Gasteiger partial charge on any atom is 0.222 e. The molecule has 1 fully saturated rings. The van der Waals surface area contributed by atoms with Crippen molar-refractivity contribution in [2.75, 3.05) is 6.54 Å². The maximum atomic E-state index is 11.4. The number of carbonyl (C=O) groups is 1. The van der Waals surface area contributed by atoms with Crippen LogP contribution in [-0.4, -0.2) is 18.5 Å². The fourth-order valence-corrected chi connectivity index (χ4v) is 1.79. The largest absolute Gasteiger partial charge is 0.353 e. The van der Waals surface area contributed by atoms with E-state index < -0.39 is 0 Å². The molecule has 2 atom stereocenters. The Balaban J connectivity index is 2.28. The highest BCUT2D eigenvalue weighted by Gasteiger charge is 2.25. The number of carbonyl (C=O) groups excluding carboxylic acids is 1. The molecule has 1 aliphatic rings. The summed E-state index contributed by atoms with van der Waals surface area (Å²) in [5.41, 5.74) is 5.57. The zero-order chi connectivity index (χ0) is 9.84. The van der Waals surface area contributed by atoms with Gasteiger partial charge in [-0.05, 0) is 31.7 Å². The molecule has 1 saturated carbocycles. The van der Waals surface area contributed by atoms with Crippen molar-refractivity contribution >= 4 is 5.91 Å². The molecule has 0 aromatic heterocycles. The first-order valence-corrected chi connectivity index (χ1v) is 5.14. The van der Waals surface area contributed by atoms with Crippen molar-refractivity contribution in [3.05, 3.63) is 0 Å². The summed E-state index contributed by atoms with van der Waals surface area (Å²) in [4.78, 5) is 11.4. The number of rotatable bonds is 3. The van der Waals surface area contributed by atoms with Crippen LogP contribution in [0.15, 0.2) is 0 Å². The van der Waals surface area contributed by atoms with Gasteiger partial charge in [-0.1, -0.05) is 13.8 Å². The number of hydrogen-bond acceptors (Lipinski definition) is 2. The summed E-state index contributed by atoms with van der Waals surface area (Å²) in [5, 5.41) is 3.05. The van der Waals surface area contributed by atoms with Crippen molar-refractivity contribution in [3.63, 3.8) is 0 Å². The van der Waals surface area contributed by atoms with Crippen LogP contribution in [0.3, 0.4) is 0 Å². The molecular weight excluding hydrogens is 164 g/mol. The molecule has 1 amide bonds. The van der Waals surface area contributed by atoms with E-state index in [4.69, 9.17) is 5.73 Å². The number of amides is 1. The lowest BCUT2D eigenvalue weighted by Gasteiger charge is -2.14. The average Bonchev–Trinajstić information content (AvgIpc) is 2.52. The van der Waals surface area contributed by atoms with E-state index in [0.29, 0.717) is 12.0 Å². The van der Waals surface area contributed by atoms with E-state index in [0.717, 1.165) is 19.4 Å². The molecule has 0 radical (unpaired) electrons. The van der Waals surface area contributed by atoms with Gasteiger partial charge >= 0.3 is 0 Å². The monoisotopic (exact) mass is 184 g/mol. The molecule has 13 heavy (non-hydrogen) atoms. The quantitative estimate of drug-likeness (QED) is 0.684. The van der Waals surface area contributed by atoms with Crippen LogP contribution in [0.4, 0.5) is 0 Å². The molecular formula is C10H20N2O. The van der Waals surface area contributed by atoms with E-state index in [1.165, 1.54) is 6.42 Å². The molecule has 3 N–H and O–H groups in total. The van der Waals surface area contributed by atoms with Crippen LogP contribution in [0, 0.1) is 11.8 Å². The van der Waals surface area contributed by atoms with Crippen LogP contribution >= 0.6 is 0 Å². The van der Waals surface area contributed by atoms with Gasteiger partial charge in [-0.15, -0.1) is 0 Å². The van der Waals surface area contributed by atoms with Gasteiger partial charge in [0.15, 0.2) is 0 Å². The van der Waals surface area contributed by atoms with E-state index in [1.54, 1.807) is 0 Å². The summed E-state index contributed by atoms with van der Waals surface area (Å²) in [6.45, 7) is 4.60. The van der Waals surface area contributed by atoms with E-state index >= 15 is 0 Å². The first kappa shape index (κ1) is 10.5. The molecule has 1 rings (SSSR count). The van der Waals surface area contributed by atoms with E-state index in [1.807, 2.05) is 13.8 Å². The molecule has 0 aromatic carbocycles. The average molecular weight is 184 g/mol. The number of nitrogens with one attached hydrogen (secondary N) is 1. The zero-order valence-electron chi connectivity index (χ0n) is 8.55. The van der Waals surface area contributed by atoms with Crippen LogP contribution < -0.4 is 11.1 Å². The van der Waals surface area contributed by atoms with Gasteiger partial charge in [0.2, 0.25) is 5.91 Å². The van der Waals surface area contributed by atoms with Crippen LogP contribution in [0.5, 0.6) is 0 Å². The summed E-state index contributed by atoms with van der Waals surface area (Å²) in [6.07, 6.45) is 3.33. The molecule has 1 aliphatic carbocycles. The first-order valence-electron chi connectivity index (χ1n) is 5.14. The maximum absolute atomic E-state index is 11.4. The van der Waals surface area contributed by atoms with E-state index in [9.17, 15) is 4.79 Å². The summed E-state index contributed by atoms with van der Waals surface area (Å²) in [6, 6.07) is 0.378. The Morgan fingerprint density at radius 1 is 1.54 bits per heavy atom. The summed E-state index contributed by atoms with van der Waals surface area (Å²) in [7, 11) is 0. The molecule has 0 bridgehead atoms. The minimum Gasteiger partial charge on any atom is -0.353 e. The molecule has 3 nitrogen and oxygen atoms in total. The predicted molar refractivity (Wildman–Crippen MR) is 53.2 cm³/mol. The predicted octanol–water partition coefficient (Wildman–Crippen LogP) is 0.886. The Morgan fingerprint density at radius 2 is 2.23 bits per heavy atom. The van der Waals surface area contributed by atoms with Crippen molar-refractivity contribution < 1.29 is 4.79 Å². The highest BCUT2D eigenvalue weighted by molar-refractivity contribution is 5.78. The number of hydrogen-bond donors (Lipinski definition) is 2. The van der Waals surface area contributed by atoms with Crippen LogP contribution in [0.1, 0.15) is 33.1 Å². The third kappa shape index (κ3) is 2.99. The number of nitrogens with two attached hydrogens (primary N) is 1. The SMILES string of the molecule is CC(C)C(=O)N[C@@H]1CC[C@H](CN)C1. The van der Waals surface area contributed by atoms with Gasteiger partial charge < -0.3 is 11.1 Å². The molecule has 76 valence electrons. The van der Waals surface area contributed by atoms with E-state index in [-0.39, 0.29) is 11.8 Å². The lowest BCUT2D eigenvalue weighted by molar-refractivity contribution is -0.124. The summed E-state index contributed by atoms with van der Waals surface area (Å²) >= 11 is 0. The van der Waals surface area contributed by atoms with Crippen molar-refractivity contribution in [3.8, 4) is 0 Å². The van der Waals surface area contributed by atoms with Gasteiger partial charge in [0.1, 0.15) is 0 Å². The van der Waals surface area contributed by atoms with Gasteiger partial charge in [-0.2, -0.15) is 0 Å². The Bertz CT molecular complexity index is 180. The van der Waals surface area contributed by atoms with Crippen LogP contribution in [-0.2, 0) is 4.79 Å². The molecule has 0 saturated heterocycles. The Kier molecular flexibility index (Phi) is 3.72. The van der Waals surface area contributed by atoms with Gasteiger partial charge in [-0.3, -0.25) is 4.79 Å². The minimum absolute atomic E-state index is 0.0944. The Labute approximate surface area is 80.1 Å².